The zero-order valence-electron chi connectivity index (χ0n) is 11.9. The van der Waals surface area contributed by atoms with Crippen LogP contribution in [0.15, 0.2) is 46.9 Å². The maximum Gasteiger partial charge on any atom is 0.227 e. The highest BCUT2D eigenvalue weighted by Gasteiger charge is 2.09. The third kappa shape index (κ3) is 3.03. The summed E-state index contributed by atoms with van der Waals surface area (Å²) in [4.78, 5) is 4.43. The summed E-state index contributed by atoms with van der Waals surface area (Å²) in [6, 6.07) is 12.8. The number of anilines is 2. The summed E-state index contributed by atoms with van der Waals surface area (Å²) in [5.74, 6) is 0.506. The SMILES string of the molecule is Nc1ccc2oc(-c3cccc(NCC(O)CO)c3)nc2c1. The summed E-state index contributed by atoms with van der Waals surface area (Å²) in [6.07, 6.45) is -0.795. The quantitative estimate of drug-likeness (QED) is 0.536. The van der Waals surface area contributed by atoms with Gasteiger partial charge in [0.05, 0.1) is 12.7 Å². The molecule has 0 amide bonds. The van der Waals surface area contributed by atoms with E-state index in [0.717, 1.165) is 11.3 Å². The molecule has 0 aliphatic rings. The van der Waals surface area contributed by atoms with E-state index >= 15 is 0 Å². The molecule has 1 atom stereocenters. The molecule has 114 valence electrons. The largest absolute Gasteiger partial charge is 0.436 e. The predicted molar refractivity (Wildman–Crippen MR) is 85.4 cm³/mol. The Balaban J connectivity index is 1.86. The Bertz CT molecular complexity index is 785. The van der Waals surface area contributed by atoms with Crippen LogP contribution < -0.4 is 11.1 Å². The number of oxazole rings is 1. The first-order valence-corrected chi connectivity index (χ1v) is 6.95. The zero-order valence-corrected chi connectivity index (χ0v) is 11.9. The Morgan fingerprint density at radius 3 is 2.91 bits per heavy atom. The van der Waals surface area contributed by atoms with Crippen LogP contribution in [0.5, 0.6) is 0 Å². The fourth-order valence-electron chi connectivity index (χ4n) is 2.13. The Labute approximate surface area is 127 Å². The van der Waals surface area contributed by atoms with Gasteiger partial charge < -0.3 is 25.7 Å². The summed E-state index contributed by atoms with van der Waals surface area (Å²) in [5.41, 5.74) is 9.40. The molecule has 3 aromatic rings. The average molecular weight is 299 g/mol. The molecule has 22 heavy (non-hydrogen) atoms. The molecule has 0 aliphatic heterocycles. The van der Waals surface area contributed by atoms with Crippen LogP contribution in [0.3, 0.4) is 0 Å². The van der Waals surface area contributed by atoms with Crippen LogP contribution in [-0.2, 0) is 0 Å². The molecule has 0 bridgehead atoms. The molecule has 6 nitrogen and oxygen atoms in total. The van der Waals surface area contributed by atoms with Gasteiger partial charge in [-0.25, -0.2) is 4.98 Å². The van der Waals surface area contributed by atoms with E-state index < -0.39 is 6.10 Å². The normalized spacial score (nSPS) is 12.5. The van der Waals surface area contributed by atoms with Gasteiger partial charge in [0.25, 0.3) is 0 Å². The lowest BCUT2D eigenvalue weighted by Gasteiger charge is -2.10. The molecule has 0 radical (unpaired) electrons. The van der Waals surface area contributed by atoms with Crippen molar-refractivity contribution in [2.24, 2.45) is 0 Å². The van der Waals surface area contributed by atoms with E-state index in [0.29, 0.717) is 22.7 Å². The number of nitrogen functional groups attached to an aromatic ring is 1. The number of nitrogens with two attached hydrogens (primary N) is 1. The molecule has 0 fully saturated rings. The van der Waals surface area contributed by atoms with Crippen molar-refractivity contribution in [3.05, 3.63) is 42.5 Å². The van der Waals surface area contributed by atoms with E-state index in [2.05, 4.69) is 10.3 Å². The number of benzene rings is 2. The third-order valence-corrected chi connectivity index (χ3v) is 3.27. The zero-order chi connectivity index (χ0) is 15.5. The fourth-order valence-corrected chi connectivity index (χ4v) is 2.13. The topological polar surface area (TPSA) is 105 Å². The van der Waals surface area contributed by atoms with Crippen molar-refractivity contribution in [1.29, 1.82) is 0 Å². The van der Waals surface area contributed by atoms with E-state index in [4.69, 9.17) is 15.3 Å². The summed E-state index contributed by atoms with van der Waals surface area (Å²) in [6.45, 7) is -0.0106. The highest BCUT2D eigenvalue weighted by atomic mass is 16.3. The van der Waals surface area contributed by atoms with Crippen molar-refractivity contribution < 1.29 is 14.6 Å². The Kier molecular flexibility index (Phi) is 3.95. The smallest absolute Gasteiger partial charge is 0.227 e. The maximum atomic E-state index is 9.37. The first-order chi connectivity index (χ1) is 10.7. The number of hydrogen-bond acceptors (Lipinski definition) is 6. The van der Waals surface area contributed by atoms with Gasteiger partial charge in [-0.2, -0.15) is 0 Å². The summed E-state index contributed by atoms with van der Waals surface area (Å²) >= 11 is 0. The number of fused-ring (bicyclic) bond motifs is 1. The second-order valence-electron chi connectivity index (χ2n) is 5.04. The van der Waals surface area contributed by atoms with Crippen LogP contribution in [0.1, 0.15) is 0 Å². The Morgan fingerprint density at radius 1 is 1.23 bits per heavy atom. The molecule has 0 spiro atoms. The highest BCUT2D eigenvalue weighted by molar-refractivity contribution is 5.79. The highest BCUT2D eigenvalue weighted by Crippen LogP contribution is 2.27. The minimum atomic E-state index is -0.795. The average Bonchev–Trinajstić information content (AvgIpc) is 2.96. The Morgan fingerprint density at radius 2 is 2.09 bits per heavy atom. The molecular formula is C16H17N3O3. The van der Waals surface area contributed by atoms with Gasteiger partial charge in [0.15, 0.2) is 5.58 Å². The fraction of sp³-hybridized carbons (Fsp3) is 0.188. The molecule has 2 aromatic carbocycles. The van der Waals surface area contributed by atoms with E-state index in [9.17, 15) is 5.11 Å². The van der Waals surface area contributed by atoms with Gasteiger partial charge in [-0.15, -0.1) is 0 Å². The molecule has 1 heterocycles. The molecule has 1 unspecified atom stereocenters. The Hall–Kier alpha value is -2.57. The lowest BCUT2D eigenvalue weighted by atomic mass is 10.2. The van der Waals surface area contributed by atoms with E-state index in [-0.39, 0.29) is 13.2 Å². The second kappa shape index (κ2) is 6.05. The molecule has 0 saturated heterocycles. The molecule has 1 aromatic heterocycles. The van der Waals surface area contributed by atoms with Gasteiger partial charge in [0.1, 0.15) is 5.52 Å². The summed E-state index contributed by atoms with van der Waals surface area (Å²) in [5, 5.41) is 21.2. The first-order valence-electron chi connectivity index (χ1n) is 6.95. The van der Waals surface area contributed by atoms with Gasteiger partial charge in [0.2, 0.25) is 5.89 Å². The van der Waals surface area contributed by atoms with Gasteiger partial charge in [-0.1, -0.05) is 6.07 Å². The molecular weight excluding hydrogens is 282 g/mol. The van der Waals surface area contributed by atoms with Crippen molar-refractivity contribution in [3.63, 3.8) is 0 Å². The molecule has 3 rings (SSSR count). The standard InChI is InChI=1S/C16H17N3O3/c17-11-4-5-15-14(7-11)19-16(22-15)10-2-1-3-12(6-10)18-8-13(21)9-20/h1-7,13,18,20-21H,8-9,17H2. The van der Waals surface area contributed by atoms with Crippen LogP contribution in [0.4, 0.5) is 11.4 Å². The lowest BCUT2D eigenvalue weighted by Crippen LogP contribution is -2.22. The van der Waals surface area contributed by atoms with Gasteiger partial charge in [-0.3, -0.25) is 0 Å². The summed E-state index contributed by atoms with van der Waals surface area (Å²) in [7, 11) is 0. The maximum absolute atomic E-state index is 9.37. The number of aromatic nitrogens is 1. The monoisotopic (exact) mass is 299 g/mol. The van der Waals surface area contributed by atoms with Crippen molar-refractivity contribution in [3.8, 4) is 11.5 Å². The molecule has 0 aliphatic carbocycles. The van der Waals surface area contributed by atoms with Gasteiger partial charge in [0, 0.05) is 23.5 Å². The number of aliphatic hydroxyl groups excluding tert-OH is 2. The van der Waals surface area contributed by atoms with E-state index in [1.165, 1.54) is 0 Å². The van der Waals surface area contributed by atoms with Crippen LogP contribution >= 0.6 is 0 Å². The number of nitrogens with zero attached hydrogens (tertiary/aromatic N) is 1. The predicted octanol–water partition coefficient (Wildman–Crippen LogP) is 1.84. The van der Waals surface area contributed by atoms with Crippen molar-refractivity contribution in [1.82, 2.24) is 4.98 Å². The van der Waals surface area contributed by atoms with Crippen LogP contribution in [-0.4, -0.2) is 34.5 Å². The summed E-state index contributed by atoms with van der Waals surface area (Å²) < 4.78 is 5.73. The molecule has 6 heteroatoms. The van der Waals surface area contributed by atoms with Crippen LogP contribution in [0, 0.1) is 0 Å². The number of nitrogens with one attached hydrogen (secondary N) is 1. The van der Waals surface area contributed by atoms with E-state index in [1.807, 2.05) is 24.3 Å². The minimum absolute atomic E-state index is 0.268. The molecule has 0 saturated carbocycles. The number of hydrogen-bond donors (Lipinski definition) is 4. The van der Waals surface area contributed by atoms with Gasteiger partial charge >= 0.3 is 0 Å². The number of rotatable bonds is 5. The van der Waals surface area contributed by atoms with Crippen molar-refractivity contribution >= 4 is 22.5 Å². The lowest BCUT2D eigenvalue weighted by molar-refractivity contribution is 0.105. The van der Waals surface area contributed by atoms with Crippen molar-refractivity contribution in [2.75, 3.05) is 24.2 Å². The van der Waals surface area contributed by atoms with Crippen LogP contribution in [0.2, 0.25) is 0 Å². The second-order valence-corrected chi connectivity index (χ2v) is 5.04. The third-order valence-electron chi connectivity index (χ3n) is 3.27. The number of aliphatic hydroxyl groups is 2. The first kappa shape index (κ1) is 14.4. The van der Waals surface area contributed by atoms with Crippen molar-refractivity contribution in [2.45, 2.75) is 6.10 Å². The van der Waals surface area contributed by atoms with E-state index in [1.54, 1.807) is 18.2 Å². The minimum Gasteiger partial charge on any atom is -0.436 e. The van der Waals surface area contributed by atoms with Crippen LogP contribution in [0.25, 0.3) is 22.6 Å². The molecule has 5 N–H and O–H groups in total. The van der Waals surface area contributed by atoms with Gasteiger partial charge in [-0.05, 0) is 36.4 Å².